The lowest BCUT2D eigenvalue weighted by atomic mass is 9.81. The van der Waals surface area contributed by atoms with E-state index < -0.39 is 5.41 Å². The van der Waals surface area contributed by atoms with E-state index in [1.807, 2.05) is 12.1 Å². The number of nitriles is 1. The molecule has 1 aromatic rings. The third-order valence-electron chi connectivity index (χ3n) is 4.35. The van der Waals surface area contributed by atoms with Crippen LogP contribution >= 0.6 is 0 Å². The topological polar surface area (TPSA) is 62.1 Å². The number of hydrogen-bond donors (Lipinski definition) is 1. The number of nitrogens with zero attached hydrogens (tertiary/aromatic N) is 1. The maximum absolute atomic E-state index is 12.4. The first-order valence-corrected chi connectivity index (χ1v) is 7.16. The van der Waals surface area contributed by atoms with Gasteiger partial charge in [-0.25, -0.2) is 0 Å². The second-order valence-corrected chi connectivity index (χ2v) is 5.60. The molecule has 4 heteroatoms. The van der Waals surface area contributed by atoms with Crippen molar-refractivity contribution in [1.29, 1.82) is 5.26 Å². The Labute approximate surface area is 118 Å². The highest BCUT2D eigenvalue weighted by Gasteiger charge is 2.40. The maximum atomic E-state index is 12.4. The summed E-state index contributed by atoms with van der Waals surface area (Å²) in [6.45, 7) is 0.955. The molecule has 0 spiro atoms. The first-order chi connectivity index (χ1) is 9.73. The molecule has 104 valence electrons. The lowest BCUT2D eigenvalue weighted by Gasteiger charge is -2.29. The molecule has 0 unspecified atom stereocenters. The summed E-state index contributed by atoms with van der Waals surface area (Å²) < 4.78 is 5.26. The van der Waals surface area contributed by atoms with E-state index in [0.717, 1.165) is 18.5 Å². The first-order valence-electron chi connectivity index (χ1n) is 7.16. The number of rotatable bonds is 2. The highest BCUT2D eigenvalue weighted by atomic mass is 16.5. The second kappa shape index (κ2) is 5.26. The monoisotopic (exact) mass is 270 g/mol. The minimum Gasteiger partial charge on any atom is -0.381 e. The fourth-order valence-electron chi connectivity index (χ4n) is 3.01. The lowest BCUT2D eigenvalue weighted by molar-refractivity contribution is -0.126. The number of anilines is 1. The number of ether oxygens (including phenoxy) is 1. The van der Waals surface area contributed by atoms with Gasteiger partial charge in [-0.1, -0.05) is 6.07 Å². The van der Waals surface area contributed by atoms with E-state index >= 15 is 0 Å². The molecule has 0 aromatic heterocycles. The average Bonchev–Trinajstić information content (AvgIpc) is 2.95. The molecule has 1 N–H and O–H groups in total. The van der Waals surface area contributed by atoms with Crippen LogP contribution in [-0.4, -0.2) is 19.1 Å². The van der Waals surface area contributed by atoms with Crippen molar-refractivity contribution < 1.29 is 9.53 Å². The fourth-order valence-corrected chi connectivity index (χ4v) is 3.01. The van der Waals surface area contributed by atoms with Crippen LogP contribution in [0.3, 0.4) is 0 Å². The normalized spacial score (nSPS) is 19.9. The van der Waals surface area contributed by atoms with Gasteiger partial charge in [0.2, 0.25) is 5.91 Å². The molecule has 4 nitrogen and oxygen atoms in total. The van der Waals surface area contributed by atoms with Crippen molar-refractivity contribution in [3.8, 4) is 6.07 Å². The average molecular weight is 270 g/mol. The molecule has 0 atom stereocenters. The summed E-state index contributed by atoms with van der Waals surface area (Å²) in [4.78, 5) is 12.4. The van der Waals surface area contributed by atoms with Crippen LogP contribution in [0.2, 0.25) is 0 Å². The summed E-state index contributed by atoms with van der Waals surface area (Å²) in [7, 11) is 0. The van der Waals surface area contributed by atoms with Crippen LogP contribution in [0.4, 0.5) is 5.69 Å². The van der Waals surface area contributed by atoms with Gasteiger partial charge in [0.1, 0.15) is 5.41 Å². The van der Waals surface area contributed by atoms with E-state index in [1.165, 1.54) is 17.5 Å². The van der Waals surface area contributed by atoms with Gasteiger partial charge in [-0.3, -0.25) is 4.79 Å². The molecule has 0 radical (unpaired) electrons. The van der Waals surface area contributed by atoms with Crippen molar-refractivity contribution in [2.75, 3.05) is 18.5 Å². The second-order valence-electron chi connectivity index (χ2n) is 5.60. The molecule has 1 saturated heterocycles. The molecule has 1 aromatic carbocycles. The van der Waals surface area contributed by atoms with Gasteiger partial charge in [-0.2, -0.15) is 5.26 Å². The standard InChI is InChI=1S/C16H18N2O2/c17-11-16(6-8-20-9-7-16)15(19)18-14-5-4-12-2-1-3-13(12)10-14/h4-5,10H,1-3,6-9H2,(H,18,19). The quantitative estimate of drug-likeness (QED) is 0.897. The molecule has 0 saturated carbocycles. The highest BCUT2D eigenvalue weighted by Crippen LogP contribution is 2.32. The highest BCUT2D eigenvalue weighted by molar-refractivity contribution is 5.97. The van der Waals surface area contributed by atoms with Crippen LogP contribution in [0.1, 0.15) is 30.4 Å². The third kappa shape index (κ3) is 2.30. The summed E-state index contributed by atoms with van der Waals surface area (Å²) in [5.74, 6) is -0.193. The van der Waals surface area contributed by atoms with Gasteiger partial charge in [0.15, 0.2) is 0 Å². The number of nitrogens with one attached hydrogen (secondary N) is 1. The number of benzene rings is 1. The van der Waals surface area contributed by atoms with Crippen LogP contribution in [0.15, 0.2) is 18.2 Å². The molecule has 1 heterocycles. The molecule has 2 aliphatic rings. The molecule has 0 bridgehead atoms. The van der Waals surface area contributed by atoms with Crippen molar-refractivity contribution in [2.24, 2.45) is 5.41 Å². The van der Waals surface area contributed by atoms with E-state index in [-0.39, 0.29) is 5.91 Å². The summed E-state index contributed by atoms with van der Waals surface area (Å²) in [5.41, 5.74) is 2.57. The van der Waals surface area contributed by atoms with E-state index in [2.05, 4.69) is 17.5 Å². The predicted octanol–water partition coefficient (Wildman–Crippen LogP) is 2.43. The summed E-state index contributed by atoms with van der Waals surface area (Å²) in [6, 6.07) is 8.27. The van der Waals surface area contributed by atoms with Gasteiger partial charge in [0, 0.05) is 18.9 Å². The van der Waals surface area contributed by atoms with Gasteiger partial charge >= 0.3 is 0 Å². The van der Waals surface area contributed by atoms with Gasteiger partial charge in [0.05, 0.1) is 6.07 Å². The molecule has 1 aliphatic carbocycles. The van der Waals surface area contributed by atoms with E-state index in [0.29, 0.717) is 26.1 Å². The number of carbonyl (C=O) groups excluding carboxylic acids is 1. The first kappa shape index (κ1) is 13.1. The Morgan fingerprint density at radius 2 is 2.00 bits per heavy atom. The number of amides is 1. The SMILES string of the molecule is N#CC1(C(=O)Nc2ccc3c(c2)CCC3)CCOCC1. The van der Waals surface area contributed by atoms with Crippen molar-refractivity contribution in [1.82, 2.24) is 0 Å². The van der Waals surface area contributed by atoms with E-state index in [4.69, 9.17) is 4.74 Å². The van der Waals surface area contributed by atoms with Crippen molar-refractivity contribution in [3.63, 3.8) is 0 Å². The van der Waals surface area contributed by atoms with Crippen LogP contribution in [0.5, 0.6) is 0 Å². The van der Waals surface area contributed by atoms with Crippen LogP contribution in [0, 0.1) is 16.7 Å². The van der Waals surface area contributed by atoms with Gasteiger partial charge in [-0.15, -0.1) is 0 Å². The predicted molar refractivity (Wildman–Crippen MR) is 75.2 cm³/mol. The molecule has 1 amide bonds. The van der Waals surface area contributed by atoms with E-state index in [9.17, 15) is 10.1 Å². The van der Waals surface area contributed by atoms with E-state index in [1.54, 1.807) is 0 Å². The van der Waals surface area contributed by atoms with Gasteiger partial charge in [0.25, 0.3) is 0 Å². The minimum atomic E-state index is -0.933. The Morgan fingerprint density at radius 3 is 2.75 bits per heavy atom. The third-order valence-corrected chi connectivity index (χ3v) is 4.35. The number of hydrogen-bond acceptors (Lipinski definition) is 3. The summed E-state index contributed by atoms with van der Waals surface area (Å²) >= 11 is 0. The molecule has 1 aliphatic heterocycles. The fraction of sp³-hybridized carbons (Fsp3) is 0.500. The Bertz CT molecular complexity index is 568. The Hall–Kier alpha value is -1.86. The zero-order chi connectivity index (χ0) is 14.0. The van der Waals surface area contributed by atoms with Gasteiger partial charge in [-0.05, 0) is 55.4 Å². The minimum absolute atomic E-state index is 0.193. The maximum Gasteiger partial charge on any atom is 0.245 e. The van der Waals surface area contributed by atoms with Crippen molar-refractivity contribution in [2.45, 2.75) is 32.1 Å². The van der Waals surface area contributed by atoms with Crippen molar-refractivity contribution in [3.05, 3.63) is 29.3 Å². The summed E-state index contributed by atoms with van der Waals surface area (Å²) in [5, 5.41) is 12.3. The van der Waals surface area contributed by atoms with Crippen LogP contribution in [-0.2, 0) is 22.4 Å². The Balaban J connectivity index is 1.77. The van der Waals surface area contributed by atoms with Crippen LogP contribution in [0.25, 0.3) is 0 Å². The summed E-state index contributed by atoms with van der Waals surface area (Å²) in [6.07, 6.45) is 4.34. The zero-order valence-electron chi connectivity index (χ0n) is 11.4. The molecule has 20 heavy (non-hydrogen) atoms. The number of carbonyl (C=O) groups is 1. The molecule has 3 rings (SSSR count). The van der Waals surface area contributed by atoms with Crippen molar-refractivity contribution >= 4 is 11.6 Å². The lowest BCUT2D eigenvalue weighted by Crippen LogP contribution is -2.39. The number of aryl methyl sites for hydroxylation is 2. The van der Waals surface area contributed by atoms with Gasteiger partial charge < -0.3 is 10.1 Å². The Morgan fingerprint density at radius 1 is 1.25 bits per heavy atom. The zero-order valence-corrected chi connectivity index (χ0v) is 11.4. The molecular formula is C16H18N2O2. The molecular weight excluding hydrogens is 252 g/mol. The number of fused-ring (bicyclic) bond motifs is 1. The van der Waals surface area contributed by atoms with Crippen LogP contribution < -0.4 is 5.32 Å². The largest absolute Gasteiger partial charge is 0.381 e. The smallest absolute Gasteiger partial charge is 0.245 e. The Kier molecular flexibility index (Phi) is 3.45. The molecule has 1 fully saturated rings.